The molecule has 22 heavy (non-hydrogen) atoms. The van der Waals surface area contributed by atoms with E-state index >= 15 is 0 Å². The van der Waals surface area contributed by atoms with E-state index in [-0.39, 0.29) is 5.78 Å². The zero-order valence-electron chi connectivity index (χ0n) is 13.6. The van der Waals surface area contributed by atoms with Crippen molar-refractivity contribution in [2.75, 3.05) is 17.6 Å². The van der Waals surface area contributed by atoms with E-state index in [0.29, 0.717) is 5.75 Å². The molecule has 1 N–H and O–H groups in total. The van der Waals surface area contributed by atoms with Gasteiger partial charge in [0.2, 0.25) is 5.13 Å². The standard InChI is InChI=1S/C16H21N3OS2/c1-6-17-15-18-19-16(22-15)21-8-13(20)14-11(4)9(2)7-10(3)12(14)5/h7H,6,8H2,1-5H3,(H,17,18). The van der Waals surface area contributed by atoms with Crippen molar-refractivity contribution in [2.45, 2.75) is 39.0 Å². The largest absolute Gasteiger partial charge is 0.360 e. The first-order valence-electron chi connectivity index (χ1n) is 7.24. The molecule has 0 radical (unpaired) electrons. The van der Waals surface area contributed by atoms with Crippen molar-refractivity contribution in [2.24, 2.45) is 0 Å². The van der Waals surface area contributed by atoms with Crippen LogP contribution in [0.1, 0.15) is 39.5 Å². The van der Waals surface area contributed by atoms with Crippen LogP contribution >= 0.6 is 23.1 Å². The van der Waals surface area contributed by atoms with Gasteiger partial charge in [-0.05, 0) is 56.9 Å². The highest BCUT2D eigenvalue weighted by Gasteiger charge is 2.17. The maximum Gasteiger partial charge on any atom is 0.206 e. The first kappa shape index (κ1) is 17.0. The van der Waals surface area contributed by atoms with Crippen LogP contribution in [0.4, 0.5) is 5.13 Å². The third-order valence-electron chi connectivity index (χ3n) is 3.71. The summed E-state index contributed by atoms with van der Waals surface area (Å²) in [5.41, 5.74) is 5.36. The summed E-state index contributed by atoms with van der Waals surface area (Å²) in [5, 5.41) is 12.1. The summed E-state index contributed by atoms with van der Waals surface area (Å²) < 4.78 is 0.823. The van der Waals surface area contributed by atoms with Gasteiger partial charge in [-0.25, -0.2) is 0 Å². The summed E-state index contributed by atoms with van der Waals surface area (Å²) in [6.07, 6.45) is 0. The summed E-state index contributed by atoms with van der Waals surface area (Å²) in [6.45, 7) is 11.0. The van der Waals surface area contributed by atoms with E-state index in [1.807, 2.05) is 20.8 Å². The van der Waals surface area contributed by atoms with Crippen LogP contribution in [0.25, 0.3) is 0 Å². The third-order valence-corrected chi connectivity index (χ3v) is 5.72. The van der Waals surface area contributed by atoms with Gasteiger partial charge in [-0.3, -0.25) is 4.79 Å². The molecule has 2 rings (SSSR count). The molecule has 0 saturated carbocycles. The number of ketones is 1. The number of thioether (sulfide) groups is 1. The fraction of sp³-hybridized carbons (Fsp3) is 0.438. The minimum Gasteiger partial charge on any atom is -0.360 e. The van der Waals surface area contributed by atoms with E-state index in [2.05, 4.69) is 35.4 Å². The number of nitrogens with zero attached hydrogens (tertiary/aromatic N) is 2. The van der Waals surface area contributed by atoms with Crippen LogP contribution in [0.5, 0.6) is 0 Å². The molecule has 0 bridgehead atoms. The summed E-state index contributed by atoms with van der Waals surface area (Å²) in [4.78, 5) is 12.6. The van der Waals surface area contributed by atoms with Gasteiger partial charge in [0.05, 0.1) is 5.75 Å². The minimum atomic E-state index is 0.159. The van der Waals surface area contributed by atoms with Crippen molar-refractivity contribution in [3.63, 3.8) is 0 Å². The van der Waals surface area contributed by atoms with Gasteiger partial charge in [-0.2, -0.15) is 0 Å². The molecule has 1 heterocycles. The number of hydrogen-bond acceptors (Lipinski definition) is 6. The Morgan fingerprint density at radius 3 is 2.41 bits per heavy atom. The van der Waals surface area contributed by atoms with Crippen LogP contribution in [0.3, 0.4) is 0 Å². The normalized spacial score (nSPS) is 10.8. The van der Waals surface area contributed by atoms with E-state index < -0.39 is 0 Å². The third kappa shape index (κ3) is 3.67. The van der Waals surface area contributed by atoms with Crippen molar-refractivity contribution < 1.29 is 4.79 Å². The van der Waals surface area contributed by atoms with Gasteiger partial charge in [0.25, 0.3) is 0 Å². The van der Waals surface area contributed by atoms with Crippen LogP contribution in [0, 0.1) is 27.7 Å². The maximum atomic E-state index is 12.6. The Morgan fingerprint density at radius 2 is 1.82 bits per heavy atom. The van der Waals surface area contributed by atoms with Crippen molar-refractivity contribution in [1.29, 1.82) is 0 Å². The highest BCUT2D eigenvalue weighted by molar-refractivity contribution is 8.01. The van der Waals surface area contributed by atoms with E-state index in [9.17, 15) is 4.79 Å². The molecule has 0 atom stereocenters. The fourth-order valence-electron chi connectivity index (χ4n) is 2.33. The molecule has 1 aromatic carbocycles. The Morgan fingerprint density at radius 1 is 1.18 bits per heavy atom. The van der Waals surface area contributed by atoms with Crippen LogP contribution < -0.4 is 5.32 Å². The van der Waals surface area contributed by atoms with Gasteiger partial charge in [0.1, 0.15) is 0 Å². The van der Waals surface area contributed by atoms with Gasteiger partial charge < -0.3 is 5.32 Å². The number of Topliss-reactive ketones (excluding diaryl/α,β-unsaturated/α-hetero) is 1. The quantitative estimate of drug-likeness (QED) is 0.634. The van der Waals surface area contributed by atoms with Crippen LogP contribution in [0.15, 0.2) is 10.4 Å². The van der Waals surface area contributed by atoms with Crippen molar-refractivity contribution in [3.05, 3.63) is 33.9 Å². The van der Waals surface area contributed by atoms with Crippen molar-refractivity contribution in [3.8, 4) is 0 Å². The van der Waals surface area contributed by atoms with Gasteiger partial charge in [-0.15, -0.1) is 10.2 Å². The predicted octanol–water partition coefficient (Wildman–Crippen LogP) is 4.18. The lowest BCUT2D eigenvalue weighted by molar-refractivity contribution is 0.102. The van der Waals surface area contributed by atoms with Gasteiger partial charge in [0, 0.05) is 12.1 Å². The Kier molecular flexibility index (Phi) is 5.58. The number of benzene rings is 1. The molecule has 1 aromatic heterocycles. The molecule has 4 nitrogen and oxygen atoms in total. The predicted molar refractivity (Wildman–Crippen MR) is 94.5 cm³/mol. The van der Waals surface area contributed by atoms with E-state index in [0.717, 1.165) is 32.7 Å². The molecule has 0 amide bonds. The van der Waals surface area contributed by atoms with Gasteiger partial charge in [0.15, 0.2) is 10.1 Å². The lowest BCUT2D eigenvalue weighted by Gasteiger charge is -2.13. The molecule has 0 aliphatic carbocycles. The Balaban J connectivity index is 2.12. The molecule has 118 valence electrons. The van der Waals surface area contributed by atoms with E-state index in [4.69, 9.17) is 0 Å². The molecular weight excluding hydrogens is 314 g/mol. The number of carbonyl (C=O) groups is 1. The highest BCUT2D eigenvalue weighted by Crippen LogP contribution is 2.28. The average molecular weight is 335 g/mol. The molecule has 0 spiro atoms. The SMILES string of the molecule is CCNc1nnc(SCC(=O)c2c(C)c(C)cc(C)c2C)s1. The second-order valence-electron chi connectivity index (χ2n) is 5.25. The van der Waals surface area contributed by atoms with E-state index in [1.54, 1.807) is 0 Å². The van der Waals surface area contributed by atoms with Crippen molar-refractivity contribution in [1.82, 2.24) is 10.2 Å². The lowest BCUT2D eigenvalue weighted by atomic mass is 9.92. The molecule has 0 aliphatic rings. The molecule has 2 aromatic rings. The summed E-state index contributed by atoms with van der Waals surface area (Å²) in [6, 6.07) is 2.14. The molecule has 0 aliphatic heterocycles. The lowest BCUT2D eigenvalue weighted by Crippen LogP contribution is -2.09. The molecule has 0 fully saturated rings. The van der Waals surface area contributed by atoms with Crippen LogP contribution in [-0.2, 0) is 0 Å². The van der Waals surface area contributed by atoms with Gasteiger partial charge >= 0.3 is 0 Å². The zero-order valence-corrected chi connectivity index (χ0v) is 15.2. The van der Waals surface area contributed by atoms with Gasteiger partial charge in [-0.1, -0.05) is 29.2 Å². The summed E-state index contributed by atoms with van der Waals surface area (Å²) >= 11 is 2.94. The Hall–Kier alpha value is -1.40. The number of aryl methyl sites for hydroxylation is 2. The molecule has 0 unspecified atom stereocenters. The number of anilines is 1. The summed E-state index contributed by atoms with van der Waals surface area (Å²) in [7, 11) is 0. The molecule has 0 saturated heterocycles. The molecule has 6 heteroatoms. The minimum absolute atomic E-state index is 0.159. The number of hydrogen-bond donors (Lipinski definition) is 1. The Labute approximate surface area is 139 Å². The fourth-order valence-corrected chi connectivity index (χ4v) is 4.02. The summed E-state index contributed by atoms with van der Waals surface area (Å²) in [5.74, 6) is 0.553. The number of rotatable bonds is 6. The van der Waals surface area contributed by atoms with E-state index in [1.165, 1.54) is 34.2 Å². The number of carbonyl (C=O) groups excluding carboxylic acids is 1. The first-order valence-corrected chi connectivity index (χ1v) is 9.05. The number of nitrogens with one attached hydrogen (secondary N) is 1. The molecular formula is C16H21N3OS2. The second-order valence-corrected chi connectivity index (χ2v) is 7.45. The monoisotopic (exact) mass is 335 g/mol. The zero-order chi connectivity index (χ0) is 16.3. The van der Waals surface area contributed by atoms with Crippen molar-refractivity contribution >= 4 is 34.0 Å². The maximum absolute atomic E-state index is 12.6. The first-order chi connectivity index (χ1) is 10.4. The Bertz CT molecular complexity index is 669. The van der Waals surface area contributed by atoms with Crippen LogP contribution in [-0.4, -0.2) is 28.3 Å². The topological polar surface area (TPSA) is 54.9 Å². The smallest absolute Gasteiger partial charge is 0.206 e. The number of aromatic nitrogens is 2. The highest BCUT2D eigenvalue weighted by atomic mass is 32.2. The second kappa shape index (κ2) is 7.24. The average Bonchev–Trinajstić information content (AvgIpc) is 2.91. The van der Waals surface area contributed by atoms with Crippen LogP contribution in [0.2, 0.25) is 0 Å².